The first-order valence-corrected chi connectivity index (χ1v) is 6.10. The van der Waals surface area contributed by atoms with Crippen LogP contribution in [0.1, 0.15) is 39.2 Å². The molecule has 1 aliphatic rings. The Bertz CT molecular complexity index is 452. The highest BCUT2D eigenvalue weighted by atomic mass is 16.3. The van der Waals surface area contributed by atoms with E-state index in [2.05, 4.69) is 13.8 Å². The Hall–Kier alpha value is -1.19. The standard InChI is InChI=1S/C12H20N2O2/c1-4-9-10(15)13-7-12(5-2,6-3)8-14(13)11(9)16/h15H,4-8H2,1-3H3. The number of fused-ring (bicyclic) bond motifs is 1. The normalized spacial score (nSPS) is 17.7. The van der Waals surface area contributed by atoms with Crippen molar-refractivity contribution in [1.29, 1.82) is 0 Å². The Labute approximate surface area is 95.5 Å². The first kappa shape index (κ1) is 11.3. The van der Waals surface area contributed by atoms with Gasteiger partial charge in [0, 0.05) is 5.41 Å². The number of aromatic nitrogens is 2. The van der Waals surface area contributed by atoms with E-state index in [-0.39, 0.29) is 16.9 Å². The maximum absolute atomic E-state index is 12.0. The van der Waals surface area contributed by atoms with Gasteiger partial charge < -0.3 is 5.11 Å². The highest BCUT2D eigenvalue weighted by Gasteiger charge is 2.37. The molecule has 16 heavy (non-hydrogen) atoms. The van der Waals surface area contributed by atoms with Gasteiger partial charge in [0.1, 0.15) is 0 Å². The molecule has 0 saturated carbocycles. The lowest BCUT2D eigenvalue weighted by atomic mass is 9.83. The van der Waals surface area contributed by atoms with Gasteiger partial charge in [-0.25, -0.2) is 4.68 Å². The van der Waals surface area contributed by atoms with Gasteiger partial charge in [0.25, 0.3) is 5.56 Å². The summed E-state index contributed by atoms with van der Waals surface area (Å²) in [6, 6.07) is 0. The summed E-state index contributed by atoms with van der Waals surface area (Å²) in [6.07, 6.45) is 2.68. The average Bonchev–Trinajstić information content (AvgIpc) is 2.78. The molecule has 0 saturated heterocycles. The van der Waals surface area contributed by atoms with Crippen LogP contribution in [0, 0.1) is 5.41 Å². The second kappa shape index (κ2) is 3.68. The van der Waals surface area contributed by atoms with Crippen molar-refractivity contribution in [1.82, 2.24) is 9.36 Å². The second-order valence-corrected chi connectivity index (χ2v) is 4.78. The minimum atomic E-state index is -0.0104. The molecular weight excluding hydrogens is 204 g/mol. The van der Waals surface area contributed by atoms with Crippen molar-refractivity contribution in [2.45, 2.75) is 53.1 Å². The summed E-state index contributed by atoms with van der Waals surface area (Å²) in [7, 11) is 0. The zero-order valence-corrected chi connectivity index (χ0v) is 10.3. The molecule has 1 aromatic heterocycles. The first-order chi connectivity index (χ1) is 7.58. The summed E-state index contributed by atoms with van der Waals surface area (Å²) in [5.41, 5.74) is 0.702. The molecule has 0 aliphatic carbocycles. The maximum atomic E-state index is 12.0. The Morgan fingerprint density at radius 3 is 2.19 bits per heavy atom. The molecule has 1 aliphatic heterocycles. The molecule has 4 heteroatoms. The van der Waals surface area contributed by atoms with Crippen LogP contribution >= 0.6 is 0 Å². The van der Waals surface area contributed by atoms with Gasteiger partial charge >= 0.3 is 0 Å². The molecule has 0 bridgehead atoms. The summed E-state index contributed by atoms with van der Waals surface area (Å²) in [5.74, 6) is 0.177. The van der Waals surface area contributed by atoms with Crippen LogP contribution in [0.2, 0.25) is 0 Å². The number of rotatable bonds is 3. The molecule has 90 valence electrons. The third kappa shape index (κ3) is 1.32. The Morgan fingerprint density at radius 2 is 1.75 bits per heavy atom. The molecule has 0 radical (unpaired) electrons. The Balaban J connectivity index is 2.48. The van der Waals surface area contributed by atoms with Crippen molar-refractivity contribution in [3.05, 3.63) is 15.9 Å². The topological polar surface area (TPSA) is 47.2 Å². The van der Waals surface area contributed by atoms with Gasteiger partial charge in [-0.05, 0) is 19.3 Å². The van der Waals surface area contributed by atoms with Crippen molar-refractivity contribution in [2.75, 3.05) is 0 Å². The molecule has 0 atom stereocenters. The quantitative estimate of drug-likeness (QED) is 0.850. The molecular formula is C12H20N2O2. The fourth-order valence-electron chi connectivity index (χ4n) is 2.64. The number of nitrogens with zero attached hydrogens (tertiary/aromatic N) is 2. The monoisotopic (exact) mass is 224 g/mol. The summed E-state index contributed by atoms with van der Waals surface area (Å²) in [5, 5.41) is 10.00. The van der Waals surface area contributed by atoms with E-state index in [9.17, 15) is 9.90 Å². The summed E-state index contributed by atoms with van der Waals surface area (Å²) in [4.78, 5) is 12.0. The fraction of sp³-hybridized carbons (Fsp3) is 0.750. The van der Waals surface area contributed by atoms with Crippen LogP contribution in [0.25, 0.3) is 0 Å². The van der Waals surface area contributed by atoms with E-state index in [1.807, 2.05) is 6.92 Å². The lowest BCUT2D eigenvalue weighted by Gasteiger charge is -2.23. The van der Waals surface area contributed by atoms with Gasteiger partial charge in [-0.2, -0.15) is 0 Å². The molecule has 0 unspecified atom stereocenters. The third-order valence-corrected chi connectivity index (χ3v) is 4.12. The van der Waals surface area contributed by atoms with Crippen molar-refractivity contribution >= 4 is 0 Å². The maximum Gasteiger partial charge on any atom is 0.273 e. The molecule has 1 aromatic rings. The smallest absolute Gasteiger partial charge is 0.273 e. The number of hydrogen-bond acceptors (Lipinski definition) is 2. The predicted molar refractivity (Wildman–Crippen MR) is 62.7 cm³/mol. The molecule has 0 spiro atoms. The number of hydrogen-bond donors (Lipinski definition) is 1. The average molecular weight is 224 g/mol. The van der Waals surface area contributed by atoms with Crippen LogP contribution in [-0.2, 0) is 19.5 Å². The van der Waals surface area contributed by atoms with E-state index in [0.29, 0.717) is 12.0 Å². The largest absolute Gasteiger partial charge is 0.493 e. The van der Waals surface area contributed by atoms with Gasteiger partial charge in [-0.3, -0.25) is 9.48 Å². The van der Waals surface area contributed by atoms with Gasteiger partial charge in [0.2, 0.25) is 5.88 Å². The van der Waals surface area contributed by atoms with Crippen molar-refractivity contribution in [3.63, 3.8) is 0 Å². The van der Waals surface area contributed by atoms with Crippen LogP contribution in [-0.4, -0.2) is 14.5 Å². The van der Waals surface area contributed by atoms with Crippen molar-refractivity contribution in [3.8, 4) is 5.88 Å². The lowest BCUT2D eigenvalue weighted by Crippen LogP contribution is -2.25. The summed E-state index contributed by atoms with van der Waals surface area (Å²) >= 11 is 0. The fourth-order valence-corrected chi connectivity index (χ4v) is 2.64. The van der Waals surface area contributed by atoms with Crippen LogP contribution in [0.5, 0.6) is 5.88 Å². The van der Waals surface area contributed by atoms with Gasteiger partial charge in [0.15, 0.2) is 0 Å². The van der Waals surface area contributed by atoms with Crippen LogP contribution in [0.4, 0.5) is 0 Å². The van der Waals surface area contributed by atoms with Crippen molar-refractivity contribution < 1.29 is 5.11 Å². The van der Waals surface area contributed by atoms with E-state index in [1.165, 1.54) is 0 Å². The zero-order valence-electron chi connectivity index (χ0n) is 10.3. The summed E-state index contributed by atoms with van der Waals surface area (Å²) < 4.78 is 3.47. The highest BCUT2D eigenvalue weighted by molar-refractivity contribution is 5.25. The Morgan fingerprint density at radius 1 is 1.19 bits per heavy atom. The minimum absolute atomic E-state index is 0.0104. The SMILES string of the molecule is CCc1c(O)n2n(c1=O)CC(CC)(CC)C2. The van der Waals surface area contributed by atoms with Crippen molar-refractivity contribution in [2.24, 2.45) is 5.41 Å². The van der Waals surface area contributed by atoms with E-state index in [1.54, 1.807) is 9.36 Å². The van der Waals surface area contributed by atoms with Gasteiger partial charge in [0.05, 0.1) is 18.7 Å². The molecule has 0 amide bonds. The first-order valence-electron chi connectivity index (χ1n) is 6.10. The minimum Gasteiger partial charge on any atom is -0.493 e. The molecule has 1 N–H and O–H groups in total. The predicted octanol–water partition coefficient (Wildman–Crippen LogP) is 1.74. The van der Waals surface area contributed by atoms with E-state index in [4.69, 9.17) is 0 Å². The molecule has 0 fully saturated rings. The zero-order chi connectivity index (χ0) is 11.9. The number of aromatic hydroxyl groups is 1. The van der Waals surface area contributed by atoms with Gasteiger partial charge in [-0.15, -0.1) is 0 Å². The molecule has 2 rings (SSSR count). The Kier molecular flexibility index (Phi) is 2.60. The lowest BCUT2D eigenvalue weighted by molar-refractivity contribution is 0.242. The van der Waals surface area contributed by atoms with Crippen LogP contribution in [0.3, 0.4) is 0 Å². The van der Waals surface area contributed by atoms with E-state index < -0.39 is 0 Å². The van der Waals surface area contributed by atoms with Crippen LogP contribution < -0.4 is 5.56 Å². The molecule has 2 heterocycles. The molecule has 0 aromatic carbocycles. The second-order valence-electron chi connectivity index (χ2n) is 4.78. The van der Waals surface area contributed by atoms with Gasteiger partial charge in [-0.1, -0.05) is 20.8 Å². The third-order valence-electron chi connectivity index (χ3n) is 4.12. The molecule has 4 nitrogen and oxygen atoms in total. The van der Waals surface area contributed by atoms with E-state index in [0.717, 1.165) is 25.9 Å². The highest BCUT2D eigenvalue weighted by Crippen LogP contribution is 2.37. The van der Waals surface area contributed by atoms with Crippen LogP contribution in [0.15, 0.2) is 4.79 Å². The summed E-state index contributed by atoms with van der Waals surface area (Å²) in [6.45, 7) is 7.71. The van der Waals surface area contributed by atoms with E-state index >= 15 is 0 Å².